The van der Waals surface area contributed by atoms with Gasteiger partial charge < -0.3 is 14.8 Å². The van der Waals surface area contributed by atoms with Gasteiger partial charge in [0.15, 0.2) is 0 Å². The third kappa shape index (κ3) is 5.96. The molecule has 1 unspecified atom stereocenters. The minimum absolute atomic E-state index is 0.542. The van der Waals surface area contributed by atoms with Crippen molar-refractivity contribution < 1.29 is 9.47 Å². The molecule has 0 aromatic heterocycles. The molecule has 0 saturated heterocycles. The van der Waals surface area contributed by atoms with Crippen LogP contribution in [0, 0.1) is 0 Å². The summed E-state index contributed by atoms with van der Waals surface area (Å²) in [5.41, 5.74) is 0. The van der Waals surface area contributed by atoms with Crippen LogP contribution in [0.5, 0.6) is 5.75 Å². The molecule has 1 rings (SSSR count). The summed E-state index contributed by atoms with van der Waals surface area (Å²) in [4.78, 5) is 1.27. The molecule has 1 aromatic rings. The van der Waals surface area contributed by atoms with Crippen LogP contribution in [0.4, 0.5) is 0 Å². The minimum atomic E-state index is 0.542. The molecule has 0 fully saturated rings. The lowest BCUT2D eigenvalue weighted by molar-refractivity contribution is 0.199. The molecule has 1 aromatic carbocycles. The molecule has 0 aliphatic carbocycles. The summed E-state index contributed by atoms with van der Waals surface area (Å²) < 4.78 is 10.1. The summed E-state index contributed by atoms with van der Waals surface area (Å²) in [6.07, 6.45) is 0. The summed E-state index contributed by atoms with van der Waals surface area (Å²) >= 11 is 1.86. The maximum atomic E-state index is 5.13. The van der Waals surface area contributed by atoms with Gasteiger partial charge in [0.2, 0.25) is 0 Å². The third-order valence-corrected chi connectivity index (χ3v) is 3.42. The zero-order valence-corrected chi connectivity index (χ0v) is 11.5. The van der Waals surface area contributed by atoms with Crippen molar-refractivity contribution in [2.45, 2.75) is 17.1 Å². The van der Waals surface area contributed by atoms with Crippen molar-refractivity contribution in [1.82, 2.24) is 5.32 Å². The highest BCUT2D eigenvalue weighted by Crippen LogP contribution is 2.24. The lowest BCUT2D eigenvalue weighted by Crippen LogP contribution is -2.26. The van der Waals surface area contributed by atoms with Crippen LogP contribution in [0.3, 0.4) is 0 Å². The number of ether oxygens (including phenoxy) is 2. The number of rotatable bonds is 8. The van der Waals surface area contributed by atoms with Crippen molar-refractivity contribution in [2.24, 2.45) is 0 Å². The second-order valence-corrected chi connectivity index (χ2v) is 5.31. The van der Waals surface area contributed by atoms with E-state index in [1.54, 1.807) is 14.2 Å². The Labute approximate surface area is 108 Å². The molecular weight excluding hydrogens is 234 g/mol. The average molecular weight is 255 g/mol. The highest BCUT2D eigenvalue weighted by atomic mass is 32.2. The molecule has 0 aliphatic rings. The predicted octanol–water partition coefficient (Wildman–Crippen LogP) is 2.41. The summed E-state index contributed by atoms with van der Waals surface area (Å²) in [6.45, 7) is 4.87. The van der Waals surface area contributed by atoms with Gasteiger partial charge in [0.1, 0.15) is 5.75 Å². The van der Waals surface area contributed by atoms with Gasteiger partial charge in [-0.25, -0.2) is 0 Å². The first-order valence-corrected chi connectivity index (χ1v) is 6.64. The Bertz CT molecular complexity index is 303. The second-order valence-electron chi connectivity index (χ2n) is 3.80. The van der Waals surface area contributed by atoms with E-state index >= 15 is 0 Å². The van der Waals surface area contributed by atoms with Gasteiger partial charge in [-0.3, -0.25) is 0 Å². The maximum Gasteiger partial charge on any atom is 0.118 e. The molecule has 0 heterocycles. The monoisotopic (exact) mass is 255 g/mol. The number of methoxy groups -OCH3 is 2. The zero-order chi connectivity index (χ0) is 12.5. The molecular formula is C13H21NO2S. The molecule has 4 heteroatoms. The summed E-state index contributed by atoms with van der Waals surface area (Å²) in [6, 6.07) is 8.17. The van der Waals surface area contributed by atoms with Crippen LogP contribution in [0.2, 0.25) is 0 Å². The van der Waals surface area contributed by atoms with E-state index in [0.29, 0.717) is 5.25 Å². The van der Waals surface area contributed by atoms with Crippen LogP contribution < -0.4 is 10.1 Å². The molecule has 0 spiro atoms. The summed E-state index contributed by atoms with van der Waals surface area (Å²) in [5.74, 6) is 0.903. The predicted molar refractivity (Wildman–Crippen MR) is 73.1 cm³/mol. The highest BCUT2D eigenvalue weighted by Gasteiger charge is 2.04. The first-order chi connectivity index (χ1) is 8.26. The van der Waals surface area contributed by atoms with E-state index < -0.39 is 0 Å². The quantitative estimate of drug-likeness (QED) is 0.571. The summed E-state index contributed by atoms with van der Waals surface area (Å²) in [7, 11) is 3.40. The third-order valence-electron chi connectivity index (χ3n) is 2.31. The molecule has 0 aliphatic heterocycles. The van der Waals surface area contributed by atoms with Gasteiger partial charge in [-0.2, -0.15) is 0 Å². The number of hydrogen-bond donors (Lipinski definition) is 1. The van der Waals surface area contributed by atoms with Crippen molar-refractivity contribution in [3.63, 3.8) is 0 Å². The van der Waals surface area contributed by atoms with E-state index in [2.05, 4.69) is 24.4 Å². The SMILES string of the molecule is COCCNCC(C)Sc1ccc(OC)cc1. The smallest absolute Gasteiger partial charge is 0.118 e. The second kappa shape index (κ2) is 8.39. The van der Waals surface area contributed by atoms with Crippen molar-refractivity contribution in [3.8, 4) is 5.75 Å². The van der Waals surface area contributed by atoms with E-state index in [1.807, 2.05) is 23.9 Å². The van der Waals surface area contributed by atoms with E-state index in [1.165, 1.54) is 4.90 Å². The lowest BCUT2D eigenvalue weighted by Gasteiger charge is -2.12. The summed E-state index contributed by atoms with van der Waals surface area (Å²) in [5, 5.41) is 3.90. The van der Waals surface area contributed by atoms with Gasteiger partial charge in [-0.05, 0) is 24.3 Å². The zero-order valence-electron chi connectivity index (χ0n) is 10.7. The fraction of sp³-hybridized carbons (Fsp3) is 0.538. The van der Waals surface area contributed by atoms with Crippen LogP contribution in [-0.4, -0.2) is 39.2 Å². The van der Waals surface area contributed by atoms with Crippen LogP contribution in [0.25, 0.3) is 0 Å². The normalized spacial score (nSPS) is 12.4. The molecule has 96 valence electrons. The van der Waals surface area contributed by atoms with E-state index in [0.717, 1.165) is 25.4 Å². The number of hydrogen-bond acceptors (Lipinski definition) is 4. The van der Waals surface area contributed by atoms with E-state index in [-0.39, 0.29) is 0 Å². The molecule has 0 bridgehead atoms. The molecule has 0 amide bonds. The molecule has 17 heavy (non-hydrogen) atoms. The Morgan fingerprint density at radius 2 is 1.94 bits per heavy atom. The van der Waals surface area contributed by atoms with Crippen molar-refractivity contribution in [3.05, 3.63) is 24.3 Å². The van der Waals surface area contributed by atoms with Crippen LogP contribution in [0.15, 0.2) is 29.2 Å². The Morgan fingerprint density at radius 1 is 1.24 bits per heavy atom. The van der Waals surface area contributed by atoms with E-state index in [4.69, 9.17) is 9.47 Å². The van der Waals surface area contributed by atoms with Gasteiger partial charge in [0, 0.05) is 30.3 Å². The Balaban J connectivity index is 2.26. The molecule has 1 atom stereocenters. The Kier molecular flexibility index (Phi) is 7.08. The Hall–Kier alpha value is -0.710. The van der Waals surface area contributed by atoms with Gasteiger partial charge in [0.25, 0.3) is 0 Å². The highest BCUT2D eigenvalue weighted by molar-refractivity contribution is 8.00. The lowest BCUT2D eigenvalue weighted by atomic mass is 10.3. The fourth-order valence-electron chi connectivity index (χ4n) is 1.41. The van der Waals surface area contributed by atoms with E-state index in [9.17, 15) is 0 Å². The number of nitrogens with one attached hydrogen (secondary N) is 1. The van der Waals surface area contributed by atoms with Gasteiger partial charge >= 0.3 is 0 Å². The minimum Gasteiger partial charge on any atom is -0.497 e. The van der Waals surface area contributed by atoms with Crippen LogP contribution in [-0.2, 0) is 4.74 Å². The fourth-order valence-corrected chi connectivity index (χ4v) is 2.37. The Morgan fingerprint density at radius 3 is 2.53 bits per heavy atom. The first kappa shape index (κ1) is 14.4. The van der Waals surface area contributed by atoms with Crippen molar-refractivity contribution in [1.29, 1.82) is 0 Å². The topological polar surface area (TPSA) is 30.5 Å². The van der Waals surface area contributed by atoms with Gasteiger partial charge in [0.05, 0.1) is 13.7 Å². The standard InChI is InChI=1S/C13H21NO2S/c1-11(10-14-8-9-15-2)17-13-6-4-12(16-3)5-7-13/h4-7,11,14H,8-10H2,1-3H3. The molecule has 3 nitrogen and oxygen atoms in total. The van der Waals surface area contributed by atoms with Crippen molar-refractivity contribution in [2.75, 3.05) is 33.9 Å². The van der Waals surface area contributed by atoms with Crippen molar-refractivity contribution >= 4 is 11.8 Å². The molecule has 0 saturated carbocycles. The van der Waals surface area contributed by atoms with Gasteiger partial charge in [-0.1, -0.05) is 6.92 Å². The average Bonchev–Trinajstić information content (AvgIpc) is 2.36. The van der Waals surface area contributed by atoms with Crippen LogP contribution in [0.1, 0.15) is 6.92 Å². The molecule has 0 radical (unpaired) electrons. The van der Waals surface area contributed by atoms with Gasteiger partial charge in [-0.15, -0.1) is 11.8 Å². The number of benzene rings is 1. The maximum absolute atomic E-state index is 5.13. The van der Waals surface area contributed by atoms with Crippen LogP contribution >= 0.6 is 11.8 Å². The number of thioether (sulfide) groups is 1. The molecule has 1 N–H and O–H groups in total. The first-order valence-electron chi connectivity index (χ1n) is 5.76. The largest absolute Gasteiger partial charge is 0.497 e.